The lowest BCUT2D eigenvalue weighted by atomic mass is 10.1. The smallest absolute Gasteiger partial charge is 0.196 e. The van der Waals surface area contributed by atoms with E-state index >= 15 is 0 Å². The second kappa shape index (κ2) is 2.92. The molecule has 62 valence electrons. The molecule has 2 nitrogen and oxygen atoms in total. The number of aliphatic hydroxyl groups excluding tert-OH is 1. The Morgan fingerprint density at radius 3 is 3.00 bits per heavy atom. The summed E-state index contributed by atoms with van der Waals surface area (Å²) in [5.41, 5.74) is 0.877. The number of aliphatic hydroxyl groups is 1. The third-order valence-electron chi connectivity index (χ3n) is 1.86. The van der Waals surface area contributed by atoms with E-state index in [1.165, 1.54) is 11.8 Å². The van der Waals surface area contributed by atoms with Crippen LogP contribution < -0.4 is 0 Å². The van der Waals surface area contributed by atoms with Gasteiger partial charge in [-0.05, 0) is 11.6 Å². The van der Waals surface area contributed by atoms with Crippen LogP contribution in [0.3, 0.4) is 0 Å². The van der Waals surface area contributed by atoms with Crippen LogP contribution in [0, 0.1) is 0 Å². The minimum atomic E-state index is -0.602. The van der Waals surface area contributed by atoms with Crippen molar-refractivity contribution in [2.75, 3.05) is 0 Å². The summed E-state index contributed by atoms with van der Waals surface area (Å²) >= 11 is 1.22. The zero-order valence-corrected chi connectivity index (χ0v) is 7.17. The van der Waals surface area contributed by atoms with Crippen LogP contribution in [0.2, 0.25) is 0 Å². The predicted molar refractivity (Wildman–Crippen MR) is 46.9 cm³/mol. The van der Waals surface area contributed by atoms with Crippen molar-refractivity contribution >= 4 is 16.9 Å². The highest BCUT2D eigenvalue weighted by Gasteiger charge is 2.23. The standard InChI is InChI=1S/C9H8O2S/c10-7-5-9(11)12-8-4-2-1-3-6(7)8/h1-4,7,10H,5H2. The lowest BCUT2D eigenvalue weighted by Crippen LogP contribution is -2.10. The van der Waals surface area contributed by atoms with E-state index in [-0.39, 0.29) is 11.5 Å². The van der Waals surface area contributed by atoms with Crippen LogP contribution in [0.1, 0.15) is 18.1 Å². The molecule has 3 heteroatoms. The SMILES string of the molecule is O=C1CC(O)c2ccccc2S1. The third-order valence-corrected chi connectivity index (χ3v) is 2.85. The van der Waals surface area contributed by atoms with Crippen molar-refractivity contribution in [2.45, 2.75) is 17.4 Å². The number of hydrogen-bond donors (Lipinski definition) is 1. The van der Waals surface area contributed by atoms with Gasteiger partial charge in [-0.2, -0.15) is 0 Å². The summed E-state index contributed by atoms with van der Waals surface area (Å²) in [5, 5.41) is 9.54. The Labute approximate surface area is 74.6 Å². The minimum absolute atomic E-state index is 0.0428. The van der Waals surface area contributed by atoms with Crippen molar-refractivity contribution in [1.82, 2.24) is 0 Å². The average Bonchev–Trinajstić information content (AvgIpc) is 2.04. The molecular formula is C9H8O2S. The van der Waals surface area contributed by atoms with Gasteiger partial charge in [-0.25, -0.2) is 0 Å². The van der Waals surface area contributed by atoms with Gasteiger partial charge in [-0.3, -0.25) is 4.79 Å². The number of carbonyl (C=O) groups is 1. The highest BCUT2D eigenvalue weighted by Crippen LogP contribution is 2.36. The Morgan fingerprint density at radius 1 is 1.42 bits per heavy atom. The van der Waals surface area contributed by atoms with Gasteiger partial charge in [0.1, 0.15) is 0 Å². The van der Waals surface area contributed by atoms with Gasteiger partial charge in [0.2, 0.25) is 0 Å². The summed E-state index contributed by atoms with van der Waals surface area (Å²) < 4.78 is 0. The molecule has 1 heterocycles. The first-order valence-electron chi connectivity index (χ1n) is 3.75. The molecule has 1 aromatic rings. The molecule has 0 saturated heterocycles. The normalized spacial score (nSPS) is 22.1. The largest absolute Gasteiger partial charge is 0.388 e. The van der Waals surface area contributed by atoms with Crippen molar-refractivity contribution in [3.8, 4) is 0 Å². The van der Waals surface area contributed by atoms with Crippen LogP contribution in [0.15, 0.2) is 29.2 Å². The molecule has 1 aliphatic heterocycles. The fourth-order valence-corrected chi connectivity index (χ4v) is 2.24. The molecule has 1 aromatic carbocycles. The lowest BCUT2D eigenvalue weighted by molar-refractivity contribution is -0.113. The molecule has 2 rings (SSSR count). The van der Waals surface area contributed by atoms with Gasteiger partial charge in [0.25, 0.3) is 0 Å². The van der Waals surface area contributed by atoms with Crippen molar-refractivity contribution in [1.29, 1.82) is 0 Å². The Balaban J connectivity index is 2.47. The molecule has 1 atom stereocenters. The van der Waals surface area contributed by atoms with Gasteiger partial charge >= 0.3 is 0 Å². The Bertz CT molecular complexity index is 322. The summed E-state index contributed by atoms with van der Waals surface area (Å²) in [7, 11) is 0. The first-order chi connectivity index (χ1) is 5.77. The number of carbonyl (C=O) groups excluding carboxylic acids is 1. The molecule has 1 N–H and O–H groups in total. The highest BCUT2D eigenvalue weighted by atomic mass is 32.2. The highest BCUT2D eigenvalue weighted by molar-refractivity contribution is 8.13. The Morgan fingerprint density at radius 2 is 2.17 bits per heavy atom. The van der Waals surface area contributed by atoms with Crippen LogP contribution >= 0.6 is 11.8 Å². The molecule has 0 bridgehead atoms. The Kier molecular flexibility index (Phi) is 1.90. The maximum atomic E-state index is 11.0. The van der Waals surface area contributed by atoms with Gasteiger partial charge < -0.3 is 5.11 Å². The van der Waals surface area contributed by atoms with Crippen molar-refractivity contribution < 1.29 is 9.90 Å². The van der Waals surface area contributed by atoms with E-state index in [4.69, 9.17) is 0 Å². The second-order valence-electron chi connectivity index (χ2n) is 2.73. The third kappa shape index (κ3) is 1.26. The zero-order chi connectivity index (χ0) is 8.55. The van der Waals surface area contributed by atoms with E-state index in [1.54, 1.807) is 0 Å². The summed E-state index contributed by atoms with van der Waals surface area (Å²) in [5.74, 6) is 0. The Hall–Kier alpha value is -0.800. The molecule has 0 amide bonds. The van der Waals surface area contributed by atoms with Crippen molar-refractivity contribution in [2.24, 2.45) is 0 Å². The maximum Gasteiger partial charge on any atom is 0.196 e. The molecule has 0 aromatic heterocycles. The first-order valence-corrected chi connectivity index (χ1v) is 4.56. The van der Waals surface area contributed by atoms with E-state index < -0.39 is 6.10 Å². The van der Waals surface area contributed by atoms with Gasteiger partial charge in [0.05, 0.1) is 6.10 Å². The average molecular weight is 180 g/mol. The van der Waals surface area contributed by atoms with Gasteiger partial charge in [-0.1, -0.05) is 30.0 Å². The number of fused-ring (bicyclic) bond motifs is 1. The predicted octanol–water partition coefficient (Wildman–Crippen LogP) is 1.74. The maximum absolute atomic E-state index is 11.0. The summed E-state index contributed by atoms with van der Waals surface area (Å²) in [6.07, 6.45) is -0.364. The van der Waals surface area contributed by atoms with E-state index in [2.05, 4.69) is 0 Å². The number of hydrogen-bond acceptors (Lipinski definition) is 3. The van der Waals surface area contributed by atoms with Gasteiger partial charge in [-0.15, -0.1) is 0 Å². The molecule has 0 fully saturated rings. The molecule has 0 aliphatic carbocycles. The number of rotatable bonds is 0. The van der Waals surface area contributed by atoms with Crippen LogP contribution in [0.5, 0.6) is 0 Å². The monoisotopic (exact) mass is 180 g/mol. The molecule has 0 radical (unpaired) electrons. The van der Waals surface area contributed by atoms with Crippen LogP contribution in [-0.2, 0) is 4.79 Å². The first kappa shape index (κ1) is 7.83. The summed E-state index contributed by atoms with van der Waals surface area (Å²) in [6, 6.07) is 7.47. The fraction of sp³-hybridized carbons (Fsp3) is 0.222. The van der Waals surface area contributed by atoms with E-state index in [1.807, 2.05) is 24.3 Å². The molecular weight excluding hydrogens is 172 g/mol. The lowest BCUT2D eigenvalue weighted by Gasteiger charge is -2.18. The zero-order valence-electron chi connectivity index (χ0n) is 6.36. The minimum Gasteiger partial charge on any atom is -0.388 e. The molecule has 12 heavy (non-hydrogen) atoms. The van der Waals surface area contributed by atoms with Gasteiger partial charge in [0, 0.05) is 11.3 Å². The van der Waals surface area contributed by atoms with Crippen LogP contribution in [0.25, 0.3) is 0 Å². The summed E-state index contributed by atoms with van der Waals surface area (Å²) in [4.78, 5) is 11.9. The van der Waals surface area contributed by atoms with Crippen molar-refractivity contribution in [3.63, 3.8) is 0 Å². The topological polar surface area (TPSA) is 37.3 Å². The van der Waals surface area contributed by atoms with E-state index in [0.717, 1.165) is 10.5 Å². The fourth-order valence-electron chi connectivity index (χ4n) is 1.28. The van der Waals surface area contributed by atoms with Crippen LogP contribution in [0.4, 0.5) is 0 Å². The summed E-state index contributed by atoms with van der Waals surface area (Å²) in [6.45, 7) is 0. The molecule has 1 unspecified atom stereocenters. The van der Waals surface area contributed by atoms with E-state index in [9.17, 15) is 9.90 Å². The van der Waals surface area contributed by atoms with Crippen molar-refractivity contribution in [3.05, 3.63) is 29.8 Å². The number of benzene rings is 1. The molecule has 1 aliphatic rings. The number of thioether (sulfide) groups is 1. The van der Waals surface area contributed by atoms with Crippen LogP contribution in [-0.4, -0.2) is 10.2 Å². The molecule has 0 spiro atoms. The second-order valence-corrected chi connectivity index (χ2v) is 3.83. The quantitative estimate of drug-likeness (QED) is 0.660. The molecule has 0 saturated carbocycles. The van der Waals surface area contributed by atoms with Gasteiger partial charge in [0.15, 0.2) is 5.12 Å². The van der Waals surface area contributed by atoms with E-state index in [0.29, 0.717) is 0 Å².